The second kappa shape index (κ2) is 4.73. The molecule has 0 unspecified atom stereocenters. The van der Waals surface area contributed by atoms with E-state index in [0.29, 0.717) is 12.0 Å². The summed E-state index contributed by atoms with van der Waals surface area (Å²) in [6.45, 7) is 1.95. The second-order valence-electron chi connectivity index (χ2n) is 3.80. The van der Waals surface area contributed by atoms with Crippen molar-refractivity contribution in [3.05, 3.63) is 45.7 Å². The van der Waals surface area contributed by atoms with Crippen molar-refractivity contribution in [2.75, 3.05) is 0 Å². The smallest absolute Gasteiger partial charge is 0.268 e. The van der Waals surface area contributed by atoms with Crippen LogP contribution in [0.5, 0.6) is 0 Å². The second-order valence-corrected chi connectivity index (χ2v) is 4.65. The van der Waals surface area contributed by atoms with Gasteiger partial charge in [-0.2, -0.15) is 5.10 Å². The van der Waals surface area contributed by atoms with Gasteiger partial charge in [-0.1, -0.05) is 6.07 Å². The van der Waals surface area contributed by atoms with Crippen LogP contribution >= 0.6 is 15.9 Å². The first-order chi connectivity index (χ1) is 8.54. The van der Waals surface area contributed by atoms with Gasteiger partial charge in [0.1, 0.15) is 5.69 Å². The predicted octanol–water partition coefficient (Wildman–Crippen LogP) is 1.85. The molecule has 2 rings (SSSR count). The lowest BCUT2D eigenvalue weighted by Gasteiger charge is -2.08. The monoisotopic (exact) mass is 307 g/mol. The van der Waals surface area contributed by atoms with Crippen molar-refractivity contribution >= 4 is 28.1 Å². The number of carbonyl (C=O) groups excluding carboxylic acids is 2. The molecule has 0 saturated heterocycles. The van der Waals surface area contributed by atoms with Crippen molar-refractivity contribution in [3.8, 4) is 5.69 Å². The lowest BCUT2D eigenvalue weighted by molar-refractivity contribution is 0.0986. The van der Waals surface area contributed by atoms with Crippen LogP contribution in [0.4, 0.5) is 0 Å². The Hall–Kier alpha value is -1.95. The Morgan fingerprint density at radius 3 is 2.78 bits per heavy atom. The number of nitrogens with zero attached hydrogens (tertiary/aromatic N) is 2. The number of halogens is 1. The standard InChI is InChI=1S/C12H10BrN3O2/c1-7-2-3-10(9(13)4-7)16-11(12(14)18)8(6-17)5-15-16/h2-6H,1H3,(H2,14,18). The summed E-state index contributed by atoms with van der Waals surface area (Å²) in [5.74, 6) is -0.693. The molecule has 1 aromatic heterocycles. The maximum absolute atomic E-state index is 11.4. The van der Waals surface area contributed by atoms with Gasteiger partial charge >= 0.3 is 0 Å². The fraction of sp³-hybridized carbons (Fsp3) is 0.0833. The maximum atomic E-state index is 11.4. The van der Waals surface area contributed by atoms with Crippen LogP contribution < -0.4 is 5.73 Å². The van der Waals surface area contributed by atoms with Crippen molar-refractivity contribution in [2.45, 2.75) is 6.92 Å². The van der Waals surface area contributed by atoms with Gasteiger partial charge in [-0.3, -0.25) is 9.59 Å². The molecular weight excluding hydrogens is 298 g/mol. The minimum atomic E-state index is -0.693. The average Bonchev–Trinajstić information content (AvgIpc) is 2.72. The highest BCUT2D eigenvalue weighted by atomic mass is 79.9. The molecule has 0 fully saturated rings. The molecule has 0 atom stereocenters. The van der Waals surface area contributed by atoms with Gasteiger partial charge in [-0.15, -0.1) is 0 Å². The number of hydrogen-bond acceptors (Lipinski definition) is 3. The molecular formula is C12H10BrN3O2. The van der Waals surface area contributed by atoms with E-state index in [9.17, 15) is 9.59 Å². The highest BCUT2D eigenvalue weighted by Crippen LogP contribution is 2.23. The lowest BCUT2D eigenvalue weighted by Crippen LogP contribution is -2.18. The van der Waals surface area contributed by atoms with Gasteiger partial charge in [0.25, 0.3) is 5.91 Å². The van der Waals surface area contributed by atoms with Crippen LogP contribution in [0.25, 0.3) is 5.69 Å². The SMILES string of the molecule is Cc1ccc(-n2ncc(C=O)c2C(N)=O)c(Br)c1. The third-order valence-corrected chi connectivity index (χ3v) is 3.12. The molecule has 0 bridgehead atoms. The normalized spacial score (nSPS) is 10.3. The molecule has 5 nitrogen and oxygen atoms in total. The Balaban J connectivity index is 2.67. The van der Waals surface area contributed by atoms with Crippen molar-refractivity contribution in [2.24, 2.45) is 5.73 Å². The Labute approximate surface area is 112 Å². The highest BCUT2D eigenvalue weighted by molar-refractivity contribution is 9.10. The van der Waals surface area contributed by atoms with Gasteiger partial charge in [0.15, 0.2) is 6.29 Å². The summed E-state index contributed by atoms with van der Waals surface area (Å²) in [6, 6.07) is 5.57. The number of aromatic nitrogens is 2. The third-order valence-electron chi connectivity index (χ3n) is 2.49. The molecule has 6 heteroatoms. The number of primary amides is 1. The highest BCUT2D eigenvalue weighted by Gasteiger charge is 2.18. The van der Waals surface area contributed by atoms with Crippen LogP contribution in [0.15, 0.2) is 28.9 Å². The van der Waals surface area contributed by atoms with E-state index < -0.39 is 5.91 Å². The van der Waals surface area contributed by atoms with Gasteiger partial charge in [0, 0.05) is 4.47 Å². The first-order valence-electron chi connectivity index (χ1n) is 5.14. The van der Waals surface area contributed by atoms with E-state index in [1.165, 1.54) is 10.9 Å². The van der Waals surface area contributed by atoms with E-state index in [0.717, 1.165) is 10.0 Å². The first kappa shape index (κ1) is 12.5. The van der Waals surface area contributed by atoms with Crippen LogP contribution in [-0.2, 0) is 0 Å². The van der Waals surface area contributed by atoms with Gasteiger partial charge < -0.3 is 5.73 Å². The molecule has 2 N–H and O–H groups in total. The van der Waals surface area contributed by atoms with Gasteiger partial charge in [0.05, 0.1) is 17.4 Å². The summed E-state index contributed by atoms with van der Waals surface area (Å²) >= 11 is 3.40. The summed E-state index contributed by atoms with van der Waals surface area (Å²) in [5, 5.41) is 4.02. The average molecular weight is 308 g/mol. The molecule has 2 aromatic rings. The zero-order chi connectivity index (χ0) is 13.3. The van der Waals surface area contributed by atoms with E-state index in [-0.39, 0.29) is 11.3 Å². The van der Waals surface area contributed by atoms with E-state index in [1.807, 2.05) is 19.1 Å². The van der Waals surface area contributed by atoms with Crippen molar-refractivity contribution in [1.29, 1.82) is 0 Å². The van der Waals surface area contributed by atoms with E-state index >= 15 is 0 Å². The van der Waals surface area contributed by atoms with Gasteiger partial charge in [0.2, 0.25) is 0 Å². The molecule has 0 aliphatic rings. The van der Waals surface area contributed by atoms with E-state index in [1.54, 1.807) is 6.07 Å². The summed E-state index contributed by atoms with van der Waals surface area (Å²) in [7, 11) is 0. The number of aryl methyl sites for hydroxylation is 1. The molecule has 0 spiro atoms. The number of benzene rings is 1. The van der Waals surface area contributed by atoms with Crippen LogP contribution in [0.3, 0.4) is 0 Å². The van der Waals surface area contributed by atoms with Crippen LogP contribution in [0, 0.1) is 6.92 Å². The number of nitrogens with two attached hydrogens (primary N) is 1. The number of amides is 1. The molecule has 0 aliphatic carbocycles. The van der Waals surface area contributed by atoms with E-state index in [4.69, 9.17) is 5.73 Å². The van der Waals surface area contributed by atoms with Gasteiger partial charge in [-0.25, -0.2) is 4.68 Å². The number of aldehydes is 1. The molecule has 1 aromatic carbocycles. The first-order valence-corrected chi connectivity index (χ1v) is 5.93. The van der Waals surface area contributed by atoms with Crippen LogP contribution in [0.2, 0.25) is 0 Å². The summed E-state index contributed by atoms with van der Waals surface area (Å²) < 4.78 is 2.13. The minimum absolute atomic E-state index is 0.0783. The summed E-state index contributed by atoms with van der Waals surface area (Å²) in [5.41, 5.74) is 7.25. The Kier molecular flexibility index (Phi) is 3.29. The van der Waals surface area contributed by atoms with Crippen molar-refractivity contribution in [3.63, 3.8) is 0 Å². The quantitative estimate of drug-likeness (QED) is 0.879. The fourth-order valence-electron chi connectivity index (χ4n) is 1.66. The zero-order valence-electron chi connectivity index (χ0n) is 9.55. The van der Waals surface area contributed by atoms with Crippen LogP contribution in [-0.4, -0.2) is 22.0 Å². The predicted molar refractivity (Wildman–Crippen MR) is 69.9 cm³/mol. The fourth-order valence-corrected chi connectivity index (χ4v) is 2.32. The van der Waals surface area contributed by atoms with E-state index in [2.05, 4.69) is 21.0 Å². The molecule has 0 saturated carbocycles. The van der Waals surface area contributed by atoms with Crippen molar-refractivity contribution < 1.29 is 9.59 Å². The molecule has 18 heavy (non-hydrogen) atoms. The third kappa shape index (κ3) is 2.06. The van der Waals surface area contributed by atoms with Gasteiger partial charge in [-0.05, 0) is 40.5 Å². The molecule has 92 valence electrons. The number of carbonyl (C=O) groups is 2. The van der Waals surface area contributed by atoms with Crippen LogP contribution in [0.1, 0.15) is 26.4 Å². The topological polar surface area (TPSA) is 78.0 Å². The molecule has 1 heterocycles. The molecule has 1 amide bonds. The zero-order valence-corrected chi connectivity index (χ0v) is 11.1. The molecule has 0 radical (unpaired) electrons. The maximum Gasteiger partial charge on any atom is 0.268 e. The largest absolute Gasteiger partial charge is 0.364 e. The summed E-state index contributed by atoms with van der Waals surface area (Å²) in [4.78, 5) is 22.2. The van der Waals surface area contributed by atoms with Crippen molar-refractivity contribution in [1.82, 2.24) is 9.78 Å². The Morgan fingerprint density at radius 1 is 1.50 bits per heavy atom. The number of hydrogen-bond donors (Lipinski definition) is 1. The Morgan fingerprint density at radius 2 is 2.22 bits per heavy atom. The summed E-state index contributed by atoms with van der Waals surface area (Å²) in [6.07, 6.45) is 1.88. The molecule has 0 aliphatic heterocycles. The minimum Gasteiger partial charge on any atom is -0.364 e. The lowest BCUT2D eigenvalue weighted by atomic mass is 10.2. The Bertz CT molecular complexity index is 634. The number of rotatable bonds is 3.